The van der Waals surface area contributed by atoms with Gasteiger partial charge in [-0.25, -0.2) is 0 Å². The van der Waals surface area contributed by atoms with E-state index in [1.54, 1.807) is 0 Å². The van der Waals surface area contributed by atoms with Crippen molar-refractivity contribution in [3.63, 3.8) is 0 Å². The van der Waals surface area contributed by atoms with Crippen molar-refractivity contribution in [2.75, 3.05) is 0 Å². The van der Waals surface area contributed by atoms with E-state index in [0.29, 0.717) is 5.41 Å². The number of hydrogen-bond acceptors (Lipinski definition) is 0. The molecule has 1 heteroatoms. The number of unbranched alkanes of at least 4 members (excludes halogenated alkanes) is 6. The summed E-state index contributed by atoms with van der Waals surface area (Å²) in [4.78, 5) is 0. The Balaban J connectivity index is 4.11. The van der Waals surface area contributed by atoms with Crippen molar-refractivity contribution < 1.29 is 0 Å². The minimum Gasteiger partial charge on any atom is -0.134 e. The average molecular weight is 286 g/mol. The van der Waals surface area contributed by atoms with Crippen molar-refractivity contribution in [3.8, 4) is 0 Å². The van der Waals surface area contributed by atoms with E-state index >= 15 is 0 Å². The first kappa shape index (κ1) is 19.4. The maximum Gasteiger partial charge on any atom is -0.0208 e. The van der Waals surface area contributed by atoms with E-state index in [-0.39, 0.29) is 0 Å². The zero-order chi connectivity index (χ0) is 14.6. The highest BCUT2D eigenvalue weighted by Crippen LogP contribution is 2.42. The molecule has 0 aliphatic carbocycles. The first-order chi connectivity index (χ1) is 9.16. The van der Waals surface area contributed by atoms with Crippen LogP contribution in [0.5, 0.6) is 0 Å². The highest BCUT2D eigenvalue weighted by molar-refractivity contribution is 7.17. The largest absolute Gasteiger partial charge is 0.134 e. The second-order valence-electron chi connectivity index (χ2n) is 6.34. The van der Waals surface area contributed by atoms with Crippen LogP contribution in [0, 0.1) is 5.41 Å². The van der Waals surface area contributed by atoms with Crippen molar-refractivity contribution >= 4 is 9.24 Å². The Bertz CT molecular complexity index is 184. The molecule has 2 atom stereocenters. The first-order valence-electron chi connectivity index (χ1n) is 8.92. The molecule has 0 aromatic carbocycles. The van der Waals surface area contributed by atoms with Gasteiger partial charge in [-0.1, -0.05) is 79.1 Å². The summed E-state index contributed by atoms with van der Waals surface area (Å²) in [6.07, 6.45) is 16.9. The summed E-state index contributed by atoms with van der Waals surface area (Å²) >= 11 is 0. The fourth-order valence-electron chi connectivity index (χ4n) is 3.31. The monoisotopic (exact) mass is 286 g/mol. The van der Waals surface area contributed by atoms with Crippen LogP contribution in [-0.4, -0.2) is 5.66 Å². The molecule has 0 N–H and O–H groups in total. The standard InChI is InChI=1S/C18H39P/c1-5-9-11-12-13-15-17(19)18(7-3,8-4)16-14-10-6-2/h17H,5-16,19H2,1-4H3. The van der Waals surface area contributed by atoms with Crippen LogP contribution in [0.2, 0.25) is 0 Å². The predicted octanol–water partition coefficient (Wildman–Crippen LogP) is 6.98. The van der Waals surface area contributed by atoms with Gasteiger partial charge in [0.25, 0.3) is 0 Å². The zero-order valence-corrected chi connectivity index (χ0v) is 15.3. The van der Waals surface area contributed by atoms with Gasteiger partial charge in [-0.15, -0.1) is 9.24 Å². The lowest BCUT2D eigenvalue weighted by atomic mass is 9.73. The molecule has 0 rings (SSSR count). The third kappa shape index (κ3) is 7.69. The highest BCUT2D eigenvalue weighted by Gasteiger charge is 2.31. The molecule has 0 saturated heterocycles. The summed E-state index contributed by atoms with van der Waals surface area (Å²) in [5.74, 6) is 0. The minimum absolute atomic E-state index is 0.602. The molecular formula is C18H39P. The van der Waals surface area contributed by atoms with Gasteiger partial charge in [-0.3, -0.25) is 0 Å². The Labute approximate surface area is 125 Å². The quantitative estimate of drug-likeness (QED) is 0.253. The second-order valence-corrected chi connectivity index (χ2v) is 7.14. The molecule has 0 saturated carbocycles. The second kappa shape index (κ2) is 12.2. The summed E-state index contributed by atoms with van der Waals surface area (Å²) < 4.78 is 0. The van der Waals surface area contributed by atoms with Gasteiger partial charge in [-0.2, -0.15) is 0 Å². The molecule has 0 aromatic rings. The molecule has 0 aliphatic rings. The van der Waals surface area contributed by atoms with E-state index < -0.39 is 0 Å². The minimum atomic E-state index is 0.602. The van der Waals surface area contributed by atoms with Gasteiger partial charge in [0.15, 0.2) is 0 Å². The van der Waals surface area contributed by atoms with E-state index in [4.69, 9.17) is 0 Å². The normalized spacial score (nSPS) is 13.7. The number of hydrogen-bond donors (Lipinski definition) is 0. The molecular weight excluding hydrogens is 247 g/mol. The van der Waals surface area contributed by atoms with Gasteiger partial charge in [0.2, 0.25) is 0 Å². The van der Waals surface area contributed by atoms with Crippen molar-refractivity contribution in [1.29, 1.82) is 0 Å². The molecule has 0 amide bonds. The van der Waals surface area contributed by atoms with Crippen molar-refractivity contribution in [3.05, 3.63) is 0 Å². The summed E-state index contributed by atoms with van der Waals surface area (Å²) in [6, 6.07) is 0. The molecule has 0 radical (unpaired) electrons. The summed E-state index contributed by atoms with van der Waals surface area (Å²) in [5, 5.41) is 0. The lowest BCUT2D eigenvalue weighted by Gasteiger charge is -2.38. The van der Waals surface area contributed by atoms with Gasteiger partial charge in [0.05, 0.1) is 0 Å². The van der Waals surface area contributed by atoms with Gasteiger partial charge in [0.1, 0.15) is 0 Å². The van der Waals surface area contributed by atoms with Gasteiger partial charge >= 0.3 is 0 Å². The Morgan fingerprint density at radius 1 is 0.737 bits per heavy atom. The van der Waals surface area contributed by atoms with Gasteiger partial charge < -0.3 is 0 Å². The molecule has 116 valence electrons. The topological polar surface area (TPSA) is 0 Å². The number of rotatable bonds is 13. The zero-order valence-electron chi connectivity index (χ0n) is 14.1. The van der Waals surface area contributed by atoms with Crippen LogP contribution in [-0.2, 0) is 0 Å². The van der Waals surface area contributed by atoms with Crippen LogP contribution in [0.3, 0.4) is 0 Å². The van der Waals surface area contributed by atoms with Crippen molar-refractivity contribution in [1.82, 2.24) is 0 Å². The average Bonchev–Trinajstić information content (AvgIpc) is 2.43. The van der Waals surface area contributed by atoms with Crippen molar-refractivity contribution in [2.24, 2.45) is 5.41 Å². The Morgan fingerprint density at radius 2 is 1.26 bits per heavy atom. The Kier molecular flexibility index (Phi) is 12.5. The van der Waals surface area contributed by atoms with E-state index in [1.807, 2.05) is 0 Å². The Morgan fingerprint density at radius 3 is 1.79 bits per heavy atom. The maximum atomic E-state index is 3.20. The maximum absolute atomic E-state index is 3.20. The van der Waals surface area contributed by atoms with Crippen molar-refractivity contribution in [2.45, 2.75) is 110 Å². The lowest BCUT2D eigenvalue weighted by molar-refractivity contribution is 0.212. The fraction of sp³-hybridized carbons (Fsp3) is 1.00. The van der Waals surface area contributed by atoms with Crippen LogP contribution in [0.1, 0.15) is 105 Å². The molecule has 0 nitrogen and oxygen atoms in total. The molecule has 0 spiro atoms. The summed E-state index contributed by atoms with van der Waals surface area (Å²) in [7, 11) is 3.20. The van der Waals surface area contributed by atoms with Crippen LogP contribution in [0.25, 0.3) is 0 Å². The molecule has 0 aromatic heterocycles. The van der Waals surface area contributed by atoms with Crippen LogP contribution in [0.15, 0.2) is 0 Å². The summed E-state index contributed by atoms with van der Waals surface area (Å²) in [6.45, 7) is 9.42. The van der Waals surface area contributed by atoms with Gasteiger partial charge in [0, 0.05) is 0 Å². The molecule has 2 unspecified atom stereocenters. The van der Waals surface area contributed by atoms with E-state index in [1.165, 1.54) is 77.0 Å². The van der Waals surface area contributed by atoms with Gasteiger partial charge in [-0.05, 0) is 36.8 Å². The van der Waals surface area contributed by atoms with Crippen LogP contribution in [0.4, 0.5) is 0 Å². The molecule has 0 bridgehead atoms. The SMILES string of the molecule is CCCCCCCC(P)C(CC)(CC)CCCCC. The molecule has 19 heavy (non-hydrogen) atoms. The highest BCUT2D eigenvalue weighted by atomic mass is 31.0. The first-order valence-corrected chi connectivity index (χ1v) is 9.59. The van der Waals surface area contributed by atoms with E-state index in [2.05, 4.69) is 36.9 Å². The Hall–Kier alpha value is 0.430. The van der Waals surface area contributed by atoms with E-state index in [9.17, 15) is 0 Å². The third-order valence-electron chi connectivity index (χ3n) is 5.09. The van der Waals surface area contributed by atoms with Crippen LogP contribution >= 0.6 is 9.24 Å². The summed E-state index contributed by atoms with van der Waals surface area (Å²) in [5.41, 5.74) is 1.44. The lowest BCUT2D eigenvalue weighted by Crippen LogP contribution is -2.30. The smallest absolute Gasteiger partial charge is 0.0208 e. The molecule has 0 aliphatic heterocycles. The fourth-order valence-corrected chi connectivity index (χ4v) is 4.19. The predicted molar refractivity (Wildman–Crippen MR) is 94.0 cm³/mol. The third-order valence-corrected chi connectivity index (χ3v) is 6.13. The molecule has 0 fully saturated rings. The molecule has 0 heterocycles. The van der Waals surface area contributed by atoms with E-state index in [0.717, 1.165) is 5.66 Å². The van der Waals surface area contributed by atoms with Crippen LogP contribution < -0.4 is 0 Å².